The molecule has 406 valence electrons. The summed E-state index contributed by atoms with van der Waals surface area (Å²) in [6.45, 7) is 29.6. The summed E-state index contributed by atoms with van der Waals surface area (Å²) in [5, 5.41) is 7.30. The number of hydrogen-bond acceptors (Lipinski definition) is 11. The fourth-order valence-corrected chi connectivity index (χ4v) is 19.1. The zero-order valence-corrected chi connectivity index (χ0v) is 49.2. The molecule has 16 heteroatoms. The number of halogens is 1. The van der Waals surface area contributed by atoms with Gasteiger partial charge in [-0.05, 0) is 143 Å². The summed E-state index contributed by atoms with van der Waals surface area (Å²) in [6, 6.07) is 24.4. The molecule has 8 rings (SSSR count). The van der Waals surface area contributed by atoms with Crippen molar-refractivity contribution in [2.45, 2.75) is 170 Å². The number of aromatic nitrogens is 3. The van der Waals surface area contributed by atoms with E-state index in [1.54, 1.807) is 39.1 Å². The molecule has 2 unspecified atom stereocenters. The molecule has 2 heterocycles. The van der Waals surface area contributed by atoms with Gasteiger partial charge in [0, 0.05) is 43.1 Å². The van der Waals surface area contributed by atoms with Gasteiger partial charge in [0.05, 0.1) is 30.8 Å². The molecular weight excluding hydrogens is 992 g/mol. The molecule has 2 atom stereocenters. The van der Waals surface area contributed by atoms with Gasteiger partial charge in [0.1, 0.15) is 16.4 Å². The molecule has 4 aliphatic carbocycles. The summed E-state index contributed by atoms with van der Waals surface area (Å²) >= 11 is 6.31. The van der Waals surface area contributed by atoms with Crippen LogP contribution in [-0.4, -0.2) is 104 Å². The number of rotatable bonds is 20. The number of hydrogen-bond donors (Lipinski definition) is 0. The third-order valence-corrected chi connectivity index (χ3v) is 21.6. The number of carbonyl (C=O) groups excluding carboxylic acids is 2. The highest BCUT2D eigenvalue weighted by Crippen LogP contribution is 2.72. The van der Waals surface area contributed by atoms with Gasteiger partial charge in [0.25, 0.3) is 18.4 Å². The first-order valence-corrected chi connectivity index (χ1v) is 30.2. The molecule has 74 heavy (non-hydrogen) atoms. The van der Waals surface area contributed by atoms with Gasteiger partial charge in [0.2, 0.25) is 0 Å². The predicted molar refractivity (Wildman–Crippen MR) is 295 cm³/mol. The van der Waals surface area contributed by atoms with Crippen molar-refractivity contribution in [3.63, 3.8) is 0 Å². The molecule has 4 fully saturated rings. The van der Waals surface area contributed by atoms with Crippen LogP contribution in [0.1, 0.15) is 151 Å². The van der Waals surface area contributed by atoms with Gasteiger partial charge in [0.15, 0.2) is 5.69 Å². The molecule has 4 saturated carbocycles. The van der Waals surface area contributed by atoms with Crippen molar-refractivity contribution >= 4 is 52.5 Å². The SMILES string of the molecule is Cc1c(-c2ccc(Cl)nc2C(=O)OC(C)(C)C)cnn1CC12CC3(C)CC(C)(C1)CC(OCCN(CCS(=O)(=O)OCC(C)(C)CCO[Si](c1ccccc1)(c1ccccc1)C(C)(C)C)C(=O)OC(C)(C)C)(C3)C2. The standard InChI is InChI=1S/C58H83ClN4O9SSi/c1-42-46(45-25-26-47(59)61-48(45)49(64)71-51(2,3)4)33-60-63(42)40-57-35-55(13)34-56(14,36-57)38-58(37-55,39-57)68-31-28-62(50(65)72-52(5,6)7)29-32-73(66,67)69-41-54(11,12)27-30-70-74(53(8,9)10,43-21-17-15-18-22-43)44-23-19-16-20-24-44/h15-26,33H,27-32,34-41H2,1-14H3. The normalized spacial score (nSPS) is 23.2. The van der Waals surface area contributed by atoms with Gasteiger partial charge in [-0.15, -0.1) is 0 Å². The lowest BCUT2D eigenvalue weighted by atomic mass is 9.39. The largest absolute Gasteiger partial charge is 0.455 e. The van der Waals surface area contributed by atoms with Crippen LogP contribution in [0.5, 0.6) is 0 Å². The number of pyridine rings is 1. The van der Waals surface area contributed by atoms with Crippen LogP contribution < -0.4 is 10.4 Å². The molecule has 13 nitrogen and oxygen atoms in total. The lowest BCUT2D eigenvalue weighted by Gasteiger charge is -2.69. The predicted octanol–water partition coefficient (Wildman–Crippen LogP) is 11.6. The molecule has 2 aromatic heterocycles. The van der Waals surface area contributed by atoms with Crippen LogP contribution in [0.4, 0.5) is 4.79 Å². The second-order valence-electron chi connectivity index (χ2n) is 26.5. The summed E-state index contributed by atoms with van der Waals surface area (Å²) in [5.41, 5.74) is -0.125. The van der Waals surface area contributed by atoms with Gasteiger partial charge in [-0.25, -0.2) is 14.6 Å². The molecule has 0 aliphatic heterocycles. The number of carbonyl (C=O) groups is 2. The molecule has 0 N–H and O–H groups in total. The van der Waals surface area contributed by atoms with Crippen LogP contribution in [0.3, 0.4) is 0 Å². The van der Waals surface area contributed by atoms with E-state index < -0.39 is 58.5 Å². The zero-order valence-electron chi connectivity index (χ0n) is 46.7. The van der Waals surface area contributed by atoms with Gasteiger partial charge in [-0.1, -0.05) is 121 Å². The third-order valence-electron chi connectivity index (χ3n) is 15.2. The Morgan fingerprint density at radius 3 is 1.88 bits per heavy atom. The van der Waals surface area contributed by atoms with E-state index in [4.69, 9.17) is 39.5 Å². The number of ether oxygens (including phenoxy) is 3. The van der Waals surface area contributed by atoms with E-state index in [-0.39, 0.29) is 58.4 Å². The number of amides is 1. The lowest BCUT2D eigenvalue weighted by Crippen LogP contribution is -2.66. The van der Waals surface area contributed by atoms with Gasteiger partial charge in [-0.2, -0.15) is 13.5 Å². The monoisotopic (exact) mass is 1070 g/mol. The first-order chi connectivity index (χ1) is 34.2. The van der Waals surface area contributed by atoms with E-state index in [0.29, 0.717) is 25.1 Å². The molecule has 0 radical (unpaired) electrons. The maximum Gasteiger partial charge on any atom is 0.410 e. The van der Waals surface area contributed by atoms with Gasteiger partial charge in [-0.3, -0.25) is 8.86 Å². The van der Waals surface area contributed by atoms with Crippen LogP contribution in [0.15, 0.2) is 79.0 Å². The van der Waals surface area contributed by atoms with Crippen molar-refractivity contribution in [3.05, 3.63) is 95.5 Å². The van der Waals surface area contributed by atoms with Crippen molar-refractivity contribution < 1.29 is 40.8 Å². The van der Waals surface area contributed by atoms with Crippen molar-refractivity contribution in [1.82, 2.24) is 19.7 Å². The topological polar surface area (TPSA) is 148 Å². The smallest absolute Gasteiger partial charge is 0.410 e. The quantitative estimate of drug-likeness (QED) is 0.0360. The van der Waals surface area contributed by atoms with Crippen LogP contribution in [0.25, 0.3) is 11.1 Å². The number of benzene rings is 2. The van der Waals surface area contributed by atoms with E-state index >= 15 is 0 Å². The summed E-state index contributed by atoms with van der Waals surface area (Å²) in [7, 11) is -6.85. The molecule has 1 amide bonds. The van der Waals surface area contributed by atoms with E-state index in [1.807, 2.05) is 53.7 Å². The minimum Gasteiger partial charge on any atom is -0.455 e. The molecule has 4 bridgehead atoms. The van der Waals surface area contributed by atoms with Crippen LogP contribution in [0.2, 0.25) is 10.2 Å². The van der Waals surface area contributed by atoms with Crippen molar-refractivity contribution in [2.24, 2.45) is 21.7 Å². The molecule has 0 spiro atoms. The lowest BCUT2D eigenvalue weighted by molar-refractivity contribution is -0.248. The number of esters is 1. The van der Waals surface area contributed by atoms with Crippen LogP contribution in [-0.2, 0) is 39.5 Å². The van der Waals surface area contributed by atoms with Crippen LogP contribution in [0, 0.1) is 28.6 Å². The second kappa shape index (κ2) is 21.0. The maximum atomic E-state index is 13.8. The van der Waals surface area contributed by atoms with Crippen molar-refractivity contribution in [2.75, 3.05) is 38.7 Å². The summed E-state index contributed by atoms with van der Waals surface area (Å²) < 4.78 is 61.0. The van der Waals surface area contributed by atoms with Crippen molar-refractivity contribution in [1.29, 1.82) is 0 Å². The first-order valence-electron chi connectivity index (χ1n) is 26.4. The summed E-state index contributed by atoms with van der Waals surface area (Å²) in [6.07, 6.45) is 7.50. The fraction of sp³-hybridized carbons (Fsp3) is 0.621. The Balaban J connectivity index is 1.01. The molecule has 4 aromatic rings. The van der Waals surface area contributed by atoms with E-state index in [2.05, 4.69) is 92.8 Å². The Labute approximate surface area is 448 Å². The Hall–Kier alpha value is -4.12. The molecule has 2 aromatic carbocycles. The van der Waals surface area contributed by atoms with E-state index in [1.165, 1.54) is 15.3 Å². The minimum absolute atomic E-state index is 0.0228. The Morgan fingerprint density at radius 2 is 1.32 bits per heavy atom. The molecule has 4 aliphatic rings. The molecule has 0 saturated heterocycles. The second-order valence-corrected chi connectivity index (χ2v) is 32.9. The van der Waals surface area contributed by atoms with Crippen LogP contribution >= 0.6 is 11.6 Å². The molecular formula is C58H83ClN4O9SSi. The average Bonchev–Trinajstić information content (AvgIpc) is 3.61. The highest BCUT2D eigenvalue weighted by Gasteiger charge is 2.66. The third kappa shape index (κ3) is 13.5. The summed E-state index contributed by atoms with van der Waals surface area (Å²) in [5.74, 6) is -0.949. The fourth-order valence-electron chi connectivity index (χ4n) is 13.3. The first kappa shape index (κ1) is 57.6. The minimum atomic E-state index is -4.06. The van der Waals surface area contributed by atoms with Gasteiger partial charge < -0.3 is 23.5 Å². The maximum absolute atomic E-state index is 13.8. The van der Waals surface area contributed by atoms with Crippen molar-refractivity contribution in [3.8, 4) is 11.1 Å². The highest BCUT2D eigenvalue weighted by molar-refractivity contribution is 7.86. The number of nitrogens with zero attached hydrogens (tertiary/aromatic N) is 4. The Kier molecular flexibility index (Phi) is 16.4. The Morgan fingerprint density at radius 1 is 0.743 bits per heavy atom. The van der Waals surface area contributed by atoms with E-state index in [0.717, 1.165) is 49.8 Å². The van der Waals surface area contributed by atoms with E-state index in [9.17, 15) is 18.0 Å². The Bertz CT molecular complexity index is 2690. The summed E-state index contributed by atoms with van der Waals surface area (Å²) in [4.78, 5) is 33.0. The highest BCUT2D eigenvalue weighted by atomic mass is 35.5. The zero-order chi connectivity index (χ0) is 54.4. The average molecular weight is 1080 g/mol. The van der Waals surface area contributed by atoms with Gasteiger partial charge >= 0.3 is 12.1 Å².